The fraction of sp³-hybridized carbons (Fsp3) is 0.280. The Morgan fingerprint density at radius 2 is 1.88 bits per heavy atom. The lowest BCUT2D eigenvalue weighted by Gasteiger charge is -2.30. The lowest BCUT2D eigenvalue weighted by molar-refractivity contribution is -0.127. The first-order valence-corrected chi connectivity index (χ1v) is 10.7. The topological polar surface area (TPSA) is 88.3 Å². The highest BCUT2D eigenvalue weighted by Gasteiger charge is 2.28. The number of hydrogen-bond donors (Lipinski definition) is 1. The van der Waals surface area contributed by atoms with E-state index >= 15 is 0 Å². The van der Waals surface area contributed by atoms with Crippen molar-refractivity contribution in [2.75, 3.05) is 18.4 Å². The molecule has 1 aromatic heterocycles. The lowest BCUT2D eigenvalue weighted by Crippen LogP contribution is -2.38. The molecule has 1 atom stereocenters. The van der Waals surface area contributed by atoms with Crippen LogP contribution in [0.15, 0.2) is 59.1 Å². The van der Waals surface area contributed by atoms with Crippen molar-refractivity contribution in [1.29, 1.82) is 0 Å². The smallest absolute Gasteiger partial charge is 0.246 e. The number of hydrogen-bond acceptors (Lipinski definition) is 5. The summed E-state index contributed by atoms with van der Waals surface area (Å²) in [6, 6.07) is 15.3. The quantitative estimate of drug-likeness (QED) is 0.605. The van der Waals surface area contributed by atoms with Crippen molar-refractivity contribution in [2.45, 2.75) is 32.6 Å². The number of piperidine rings is 1. The van der Waals surface area contributed by atoms with Crippen LogP contribution in [0.25, 0.3) is 17.5 Å². The molecule has 0 spiro atoms. The van der Waals surface area contributed by atoms with Crippen LogP contribution in [0.5, 0.6) is 0 Å². The van der Waals surface area contributed by atoms with Crippen molar-refractivity contribution < 1.29 is 14.1 Å². The Morgan fingerprint density at radius 1 is 1.12 bits per heavy atom. The van der Waals surface area contributed by atoms with Gasteiger partial charge in [0.15, 0.2) is 0 Å². The Balaban J connectivity index is 1.40. The fourth-order valence-corrected chi connectivity index (χ4v) is 3.75. The molecule has 0 radical (unpaired) electrons. The largest absolute Gasteiger partial charge is 0.339 e. The minimum atomic E-state index is -0.121. The first-order chi connectivity index (χ1) is 15.5. The lowest BCUT2D eigenvalue weighted by atomic mass is 9.98. The average molecular weight is 431 g/mol. The maximum atomic E-state index is 12.7. The van der Waals surface area contributed by atoms with Crippen LogP contribution in [-0.2, 0) is 9.59 Å². The van der Waals surface area contributed by atoms with E-state index in [9.17, 15) is 9.59 Å². The summed E-state index contributed by atoms with van der Waals surface area (Å²) in [6.45, 7) is 4.78. The minimum Gasteiger partial charge on any atom is -0.339 e. The summed E-state index contributed by atoms with van der Waals surface area (Å²) in [5.41, 5.74) is 3.71. The number of aryl methyl sites for hydroxylation is 1. The monoisotopic (exact) mass is 430 g/mol. The molecule has 32 heavy (non-hydrogen) atoms. The van der Waals surface area contributed by atoms with Crippen molar-refractivity contribution >= 4 is 23.6 Å². The summed E-state index contributed by atoms with van der Waals surface area (Å²) >= 11 is 0. The average Bonchev–Trinajstić information content (AvgIpc) is 3.29. The molecule has 2 aromatic carbocycles. The standard InChI is InChI=1S/C25H26N4O3/c1-17-5-7-19(8-6-17)9-14-23(31)29-15-3-4-21(16-29)25-27-24(28-32-25)20-10-12-22(13-11-20)26-18(2)30/h5-14,21H,3-4,15-16H2,1-2H3,(H,26,30). The van der Waals surface area contributed by atoms with Crippen molar-refractivity contribution in [1.82, 2.24) is 15.0 Å². The van der Waals surface area contributed by atoms with E-state index in [4.69, 9.17) is 4.52 Å². The number of carbonyl (C=O) groups excluding carboxylic acids is 2. The zero-order valence-corrected chi connectivity index (χ0v) is 18.2. The second-order valence-electron chi connectivity index (χ2n) is 8.08. The van der Waals surface area contributed by atoms with E-state index in [-0.39, 0.29) is 17.7 Å². The Labute approximate surface area is 187 Å². The number of anilines is 1. The maximum absolute atomic E-state index is 12.7. The van der Waals surface area contributed by atoms with Crippen LogP contribution in [-0.4, -0.2) is 39.9 Å². The van der Waals surface area contributed by atoms with Gasteiger partial charge in [-0.3, -0.25) is 9.59 Å². The highest BCUT2D eigenvalue weighted by molar-refractivity contribution is 5.92. The molecular weight excluding hydrogens is 404 g/mol. The third kappa shape index (κ3) is 5.29. The normalized spacial score (nSPS) is 16.3. The number of benzene rings is 2. The molecule has 1 fully saturated rings. The number of nitrogens with one attached hydrogen (secondary N) is 1. The minimum absolute atomic E-state index is 0.0106. The Hall–Kier alpha value is -3.74. The second-order valence-corrected chi connectivity index (χ2v) is 8.08. The summed E-state index contributed by atoms with van der Waals surface area (Å²) in [4.78, 5) is 30.3. The van der Waals surface area contributed by atoms with Crippen LogP contribution in [0, 0.1) is 6.92 Å². The molecule has 4 rings (SSSR count). The molecule has 7 heteroatoms. The molecule has 1 aliphatic rings. The van der Waals surface area contributed by atoms with Crippen LogP contribution in [0.4, 0.5) is 5.69 Å². The zero-order chi connectivity index (χ0) is 22.5. The third-order valence-electron chi connectivity index (χ3n) is 5.48. The van der Waals surface area contributed by atoms with Crippen LogP contribution >= 0.6 is 0 Å². The SMILES string of the molecule is CC(=O)Nc1ccc(-c2noc(C3CCCN(C(=O)C=Cc4ccc(C)cc4)C3)n2)cc1. The van der Waals surface area contributed by atoms with Gasteiger partial charge in [0, 0.05) is 37.3 Å². The third-order valence-corrected chi connectivity index (χ3v) is 5.48. The first-order valence-electron chi connectivity index (χ1n) is 10.7. The van der Waals surface area contributed by atoms with Gasteiger partial charge in [0.1, 0.15) is 0 Å². The van der Waals surface area contributed by atoms with E-state index in [1.807, 2.05) is 54.3 Å². The molecule has 2 amide bonds. The van der Waals surface area contributed by atoms with Crippen LogP contribution in [0.2, 0.25) is 0 Å². The molecule has 3 aromatic rings. The summed E-state index contributed by atoms with van der Waals surface area (Å²) in [5, 5.41) is 6.85. The highest BCUT2D eigenvalue weighted by atomic mass is 16.5. The molecule has 0 aliphatic carbocycles. The van der Waals surface area contributed by atoms with E-state index in [0.717, 1.165) is 30.5 Å². The Morgan fingerprint density at radius 3 is 2.59 bits per heavy atom. The molecule has 2 heterocycles. The number of aromatic nitrogens is 2. The first kappa shape index (κ1) is 21.5. The Kier molecular flexibility index (Phi) is 6.44. The van der Waals surface area contributed by atoms with Crippen molar-refractivity contribution in [2.24, 2.45) is 0 Å². The van der Waals surface area contributed by atoms with Gasteiger partial charge in [0.25, 0.3) is 0 Å². The number of rotatable bonds is 5. The molecule has 1 aliphatic heterocycles. The molecule has 0 saturated carbocycles. The van der Waals surface area contributed by atoms with Gasteiger partial charge in [0.2, 0.25) is 23.5 Å². The van der Waals surface area contributed by atoms with Gasteiger partial charge in [-0.1, -0.05) is 35.0 Å². The summed E-state index contributed by atoms with van der Waals surface area (Å²) < 4.78 is 5.54. The molecule has 1 N–H and O–H groups in total. The van der Waals surface area contributed by atoms with Crippen LogP contribution in [0.3, 0.4) is 0 Å². The molecule has 1 unspecified atom stereocenters. The number of amides is 2. The van der Waals surface area contributed by atoms with Gasteiger partial charge in [-0.2, -0.15) is 4.98 Å². The fourth-order valence-electron chi connectivity index (χ4n) is 3.75. The van der Waals surface area contributed by atoms with E-state index < -0.39 is 0 Å². The van der Waals surface area contributed by atoms with Crippen molar-refractivity contribution in [3.05, 3.63) is 71.6 Å². The number of nitrogens with zero attached hydrogens (tertiary/aromatic N) is 3. The molecular formula is C25H26N4O3. The van der Waals surface area contributed by atoms with Gasteiger partial charge in [-0.05, 0) is 55.7 Å². The zero-order valence-electron chi connectivity index (χ0n) is 18.2. The van der Waals surface area contributed by atoms with Gasteiger partial charge in [0.05, 0.1) is 5.92 Å². The maximum Gasteiger partial charge on any atom is 0.246 e. The number of likely N-dealkylation sites (tertiary alicyclic amines) is 1. The molecule has 1 saturated heterocycles. The second kappa shape index (κ2) is 9.60. The van der Waals surface area contributed by atoms with E-state index in [1.54, 1.807) is 18.2 Å². The molecule has 164 valence electrons. The van der Waals surface area contributed by atoms with Gasteiger partial charge >= 0.3 is 0 Å². The highest BCUT2D eigenvalue weighted by Crippen LogP contribution is 2.28. The van der Waals surface area contributed by atoms with Gasteiger partial charge in [-0.25, -0.2) is 0 Å². The summed E-state index contributed by atoms with van der Waals surface area (Å²) in [7, 11) is 0. The number of carbonyl (C=O) groups is 2. The van der Waals surface area contributed by atoms with E-state index in [2.05, 4.69) is 15.5 Å². The van der Waals surface area contributed by atoms with Crippen molar-refractivity contribution in [3.63, 3.8) is 0 Å². The molecule has 7 nitrogen and oxygen atoms in total. The molecule has 0 bridgehead atoms. The van der Waals surface area contributed by atoms with Crippen molar-refractivity contribution in [3.8, 4) is 11.4 Å². The summed E-state index contributed by atoms with van der Waals surface area (Å²) in [6.07, 6.45) is 5.26. The van der Waals surface area contributed by atoms with Gasteiger partial charge in [-0.15, -0.1) is 0 Å². The summed E-state index contributed by atoms with van der Waals surface area (Å²) in [5.74, 6) is 0.928. The van der Waals surface area contributed by atoms with E-state index in [1.165, 1.54) is 12.5 Å². The predicted octanol–water partition coefficient (Wildman–Crippen LogP) is 4.42. The predicted molar refractivity (Wildman–Crippen MR) is 123 cm³/mol. The van der Waals surface area contributed by atoms with Crippen LogP contribution in [0.1, 0.15) is 42.7 Å². The van der Waals surface area contributed by atoms with E-state index in [0.29, 0.717) is 23.9 Å². The Bertz CT molecular complexity index is 1120. The van der Waals surface area contributed by atoms with Gasteiger partial charge < -0.3 is 14.7 Å². The van der Waals surface area contributed by atoms with Crippen LogP contribution < -0.4 is 5.32 Å².